The average molecular weight is 356 g/mol. The zero-order valence-electron chi connectivity index (χ0n) is 14.4. The Balaban J connectivity index is 2.30. The van der Waals surface area contributed by atoms with Gasteiger partial charge in [0.2, 0.25) is 0 Å². The maximum atomic E-state index is 10.7. The molecule has 0 aliphatic heterocycles. The monoisotopic (exact) mass is 356 g/mol. The van der Waals surface area contributed by atoms with Crippen LogP contribution in [0, 0.1) is 10.1 Å². The lowest BCUT2D eigenvalue weighted by molar-refractivity contribution is -0.384. The van der Waals surface area contributed by atoms with Gasteiger partial charge in [-0.3, -0.25) is 10.1 Å². The van der Waals surface area contributed by atoms with Crippen LogP contribution in [0.5, 0.6) is 11.5 Å². The predicted molar refractivity (Wildman–Crippen MR) is 98.3 cm³/mol. The van der Waals surface area contributed by atoms with Crippen molar-refractivity contribution in [3.8, 4) is 11.5 Å². The van der Waals surface area contributed by atoms with Crippen molar-refractivity contribution in [1.29, 1.82) is 0 Å². The molecule has 2 rings (SSSR count). The highest BCUT2D eigenvalue weighted by atomic mass is 16.6. The molecule has 0 bridgehead atoms. The van der Waals surface area contributed by atoms with Crippen LogP contribution in [0.1, 0.15) is 23.6 Å². The van der Waals surface area contributed by atoms with Crippen LogP contribution in [0.25, 0.3) is 0 Å². The second kappa shape index (κ2) is 9.22. The van der Waals surface area contributed by atoms with Gasteiger partial charge in [-0.15, -0.1) is 6.58 Å². The van der Waals surface area contributed by atoms with Gasteiger partial charge in [-0.2, -0.15) is 0 Å². The van der Waals surface area contributed by atoms with Crippen LogP contribution >= 0.6 is 0 Å². The predicted octanol–water partition coefficient (Wildman–Crippen LogP) is 4.11. The quantitative estimate of drug-likeness (QED) is 0.240. The fourth-order valence-electron chi connectivity index (χ4n) is 2.43. The van der Waals surface area contributed by atoms with Crippen LogP contribution < -0.4 is 9.47 Å². The van der Waals surface area contributed by atoms with Crippen LogP contribution in [-0.2, 0) is 13.0 Å². The molecular formula is C19H20N2O5. The molecule has 0 unspecified atom stereocenters. The highest BCUT2D eigenvalue weighted by Gasteiger charge is 2.14. The number of non-ortho nitro benzene ring substituents is 1. The third-order valence-corrected chi connectivity index (χ3v) is 3.56. The van der Waals surface area contributed by atoms with Gasteiger partial charge in [0.05, 0.1) is 17.7 Å². The summed E-state index contributed by atoms with van der Waals surface area (Å²) in [5.41, 5.74) is 2.34. The van der Waals surface area contributed by atoms with Gasteiger partial charge in [0.25, 0.3) is 5.69 Å². The summed E-state index contributed by atoms with van der Waals surface area (Å²) >= 11 is 0. The van der Waals surface area contributed by atoms with E-state index in [1.807, 2.05) is 13.0 Å². The molecule has 0 saturated carbocycles. The first-order valence-electron chi connectivity index (χ1n) is 8.03. The lowest BCUT2D eigenvalue weighted by atomic mass is 10.1. The van der Waals surface area contributed by atoms with Gasteiger partial charge in [-0.1, -0.05) is 11.2 Å². The smallest absolute Gasteiger partial charge is 0.269 e. The van der Waals surface area contributed by atoms with Gasteiger partial charge < -0.3 is 14.7 Å². The van der Waals surface area contributed by atoms with E-state index in [2.05, 4.69) is 11.7 Å². The van der Waals surface area contributed by atoms with E-state index in [1.54, 1.807) is 24.3 Å². The normalized spacial score (nSPS) is 10.7. The average Bonchev–Trinajstić information content (AvgIpc) is 2.62. The van der Waals surface area contributed by atoms with Crippen LogP contribution in [0.3, 0.4) is 0 Å². The highest BCUT2D eigenvalue weighted by molar-refractivity contribution is 5.81. The maximum absolute atomic E-state index is 10.7. The van der Waals surface area contributed by atoms with E-state index in [4.69, 9.17) is 14.7 Å². The van der Waals surface area contributed by atoms with Crippen molar-refractivity contribution in [1.82, 2.24) is 0 Å². The number of benzene rings is 2. The molecule has 0 amide bonds. The Kier molecular flexibility index (Phi) is 6.73. The molecule has 0 aliphatic carbocycles. The van der Waals surface area contributed by atoms with Gasteiger partial charge >= 0.3 is 0 Å². The molecule has 1 N–H and O–H groups in total. The minimum atomic E-state index is -0.443. The second-order valence-corrected chi connectivity index (χ2v) is 5.39. The van der Waals surface area contributed by atoms with Crippen LogP contribution in [0.15, 0.2) is 54.2 Å². The topological polar surface area (TPSA) is 94.2 Å². The Morgan fingerprint density at radius 3 is 2.58 bits per heavy atom. The van der Waals surface area contributed by atoms with Crippen molar-refractivity contribution in [2.75, 3.05) is 6.61 Å². The lowest BCUT2D eigenvalue weighted by Gasteiger charge is -2.16. The summed E-state index contributed by atoms with van der Waals surface area (Å²) in [5, 5.41) is 22.6. The van der Waals surface area contributed by atoms with E-state index in [-0.39, 0.29) is 12.3 Å². The summed E-state index contributed by atoms with van der Waals surface area (Å²) in [5.74, 6) is 1.10. The molecule has 0 spiro atoms. The number of allylic oxidation sites excluding steroid dienone is 1. The highest BCUT2D eigenvalue weighted by Crippen LogP contribution is 2.34. The lowest BCUT2D eigenvalue weighted by Crippen LogP contribution is -2.04. The molecule has 0 fully saturated rings. The number of hydrogen-bond donors (Lipinski definition) is 1. The van der Waals surface area contributed by atoms with Crippen molar-refractivity contribution in [2.45, 2.75) is 20.0 Å². The summed E-state index contributed by atoms with van der Waals surface area (Å²) in [6.07, 6.45) is 3.60. The van der Waals surface area contributed by atoms with Gasteiger partial charge in [-0.05, 0) is 43.2 Å². The maximum Gasteiger partial charge on any atom is 0.269 e. The molecule has 0 aliphatic rings. The van der Waals surface area contributed by atoms with E-state index in [0.717, 1.165) is 11.1 Å². The van der Waals surface area contributed by atoms with Crippen LogP contribution in [0.4, 0.5) is 5.69 Å². The van der Waals surface area contributed by atoms with Gasteiger partial charge in [0.1, 0.15) is 6.61 Å². The summed E-state index contributed by atoms with van der Waals surface area (Å²) < 4.78 is 11.6. The minimum absolute atomic E-state index is 0.0312. The molecule has 2 aromatic rings. The molecule has 26 heavy (non-hydrogen) atoms. The SMILES string of the molecule is C=CCc1cc(/C=N\O)cc(OCC)c1OCc1ccc([N+](=O)[O-])cc1. The molecule has 7 heteroatoms. The van der Waals surface area contributed by atoms with Gasteiger partial charge in [-0.25, -0.2) is 0 Å². The van der Waals surface area contributed by atoms with Crippen LogP contribution in [0.2, 0.25) is 0 Å². The summed E-state index contributed by atoms with van der Waals surface area (Å²) in [6.45, 7) is 6.29. The Bertz CT molecular complexity index is 800. The summed E-state index contributed by atoms with van der Waals surface area (Å²) in [7, 11) is 0. The minimum Gasteiger partial charge on any atom is -0.490 e. The Morgan fingerprint density at radius 1 is 1.27 bits per heavy atom. The summed E-state index contributed by atoms with van der Waals surface area (Å²) in [4.78, 5) is 10.3. The Hall–Kier alpha value is -3.35. The second-order valence-electron chi connectivity index (χ2n) is 5.39. The third kappa shape index (κ3) is 4.83. The number of nitro groups is 1. The van der Waals surface area contributed by atoms with Crippen molar-refractivity contribution in [3.05, 3.63) is 75.9 Å². The van der Waals surface area contributed by atoms with Gasteiger partial charge in [0.15, 0.2) is 11.5 Å². The van der Waals surface area contributed by atoms with Crippen molar-refractivity contribution in [3.63, 3.8) is 0 Å². The molecule has 0 aromatic heterocycles. The first-order valence-corrected chi connectivity index (χ1v) is 8.03. The molecule has 136 valence electrons. The largest absolute Gasteiger partial charge is 0.490 e. The fourth-order valence-corrected chi connectivity index (χ4v) is 2.43. The van der Waals surface area contributed by atoms with E-state index < -0.39 is 4.92 Å². The van der Waals surface area contributed by atoms with Crippen molar-refractivity contribution in [2.24, 2.45) is 5.16 Å². The number of oxime groups is 1. The number of nitro benzene ring substituents is 1. The molecule has 0 heterocycles. The standard InChI is InChI=1S/C19H20N2O5/c1-3-5-16-10-15(12-20-22)11-18(25-4-2)19(16)26-13-14-6-8-17(9-7-14)21(23)24/h3,6-12,22H,1,4-5,13H2,2H3/b20-12-. The first-order chi connectivity index (χ1) is 12.6. The molecule has 0 saturated heterocycles. The first kappa shape index (κ1) is 19.0. The third-order valence-electron chi connectivity index (χ3n) is 3.56. The van der Waals surface area contributed by atoms with Crippen LogP contribution in [-0.4, -0.2) is 23.0 Å². The Labute approximate surface area is 151 Å². The number of rotatable bonds is 9. The number of nitrogens with zero attached hydrogens (tertiary/aromatic N) is 2. The number of hydrogen-bond acceptors (Lipinski definition) is 6. The van der Waals surface area contributed by atoms with E-state index >= 15 is 0 Å². The van der Waals surface area contributed by atoms with E-state index in [1.165, 1.54) is 18.3 Å². The zero-order valence-corrected chi connectivity index (χ0v) is 14.4. The van der Waals surface area contributed by atoms with E-state index in [9.17, 15) is 10.1 Å². The fraction of sp³-hybridized carbons (Fsp3) is 0.211. The Morgan fingerprint density at radius 2 is 2.00 bits per heavy atom. The molecule has 7 nitrogen and oxygen atoms in total. The van der Waals surface area contributed by atoms with Crippen molar-refractivity contribution >= 4 is 11.9 Å². The molecule has 0 radical (unpaired) electrons. The van der Waals surface area contributed by atoms with Gasteiger partial charge in [0, 0.05) is 23.3 Å². The molecular weight excluding hydrogens is 336 g/mol. The number of ether oxygens (including phenoxy) is 2. The summed E-state index contributed by atoms with van der Waals surface area (Å²) in [6, 6.07) is 9.73. The van der Waals surface area contributed by atoms with E-state index in [0.29, 0.717) is 30.1 Å². The molecule has 0 atom stereocenters. The molecule has 2 aromatic carbocycles. The van der Waals surface area contributed by atoms with Crippen molar-refractivity contribution < 1.29 is 19.6 Å². The zero-order chi connectivity index (χ0) is 18.9.